The first kappa shape index (κ1) is 13.0. The molecule has 0 N–H and O–H groups in total. The van der Waals surface area contributed by atoms with E-state index in [1.165, 1.54) is 5.56 Å². The Morgan fingerprint density at radius 3 is 2.20 bits per heavy atom. The molecule has 2 heterocycles. The summed E-state index contributed by atoms with van der Waals surface area (Å²) in [5, 5.41) is 2.15. The Labute approximate surface area is 117 Å². The molecule has 0 radical (unpaired) electrons. The van der Waals surface area contributed by atoms with Crippen LogP contribution in [0.2, 0.25) is 0 Å². The van der Waals surface area contributed by atoms with Crippen LogP contribution in [0.15, 0.2) is 25.8 Å². The van der Waals surface area contributed by atoms with E-state index in [0.29, 0.717) is 5.58 Å². The lowest BCUT2D eigenvalue weighted by Crippen LogP contribution is -2.00. The number of hydrogen-bond acceptors (Lipinski definition) is 3. The van der Waals surface area contributed by atoms with Crippen LogP contribution in [0.25, 0.3) is 21.9 Å². The first-order valence-corrected chi connectivity index (χ1v) is 7.05. The second-order valence-electron chi connectivity index (χ2n) is 5.20. The Kier molecular flexibility index (Phi) is 2.93. The van der Waals surface area contributed by atoms with Crippen LogP contribution in [0.3, 0.4) is 0 Å². The van der Waals surface area contributed by atoms with Crippen molar-refractivity contribution >= 4 is 21.9 Å². The molecule has 0 saturated carbocycles. The van der Waals surface area contributed by atoms with Gasteiger partial charge in [-0.3, -0.25) is 0 Å². The minimum Gasteiger partial charge on any atom is -0.461 e. The molecule has 0 fully saturated rings. The van der Waals surface area contributed by atoms with Gasteiger partial charge >= 0.3 is 5.63 Å². The van der Waals surface area contributed by atoms with Gasteiger partial charge in [-0.15, -0.1) is 0 Å². The van der Waals surface area contributed by atoms with Crippen LogP contribution in [-0.4, -0.2) is 0 Å². The van der Waals surface area contributed by atoms with Crippen LogP contribution in [0.1, 0.15) is 36.3 Å². The van der Waals surface area contributed by atoms with Crippen LogP contribution < -0.4 is 5.63 Å². The van der Waals surface area contributed by atoms with Gasteiger partial charge in [0.1, 0.15) is 16.9 Å². The molecule has 0 unspecified atom stereocenters. The van der Waals surface area contributed by atoms with Gasteiger partial charge in [0.05, 0.1) is 0 Å². The summed E-state index contributed by atoms with van der Waals surface area (Å²) in [7, 11) is 0. The van der Waals surface area contributed by atoms with E-state index in [9.17, 15) is 4.79 Å². The number of hydrogen-bond donors (Lipinski definition) is 0. The van der Waals surface area contributed by atoms with Crippen molar-refractivity contribution in [2.45, 2.75) is 40.5 Å². The van der Waals surface area contributed by atoms with E-state index in [0.717, 1.165) is 46.1 Å². The van der Waals surface area contributed by atoms with Crippen molar-refractivity contribution in [3.8, 4) is 0 Å². The highest BCUT2D eigenvalue weighted by molar-refractivity contribution is 6.00. The molecule has 0 aliphatic carbocycles. The highest BCUT2D eigenvalue weighted by Crippen LogP contribution is 2.35. The molecule has 3 heteroatoms. The van der Waals surface area contributed by atoms with E-state index in [-0.39, 0.29) is 5.63 Å². The van der Waals surface area contributed by atoms with Crippen molar-refractivity contribution in [1.82, 2.24) is 0 Å². The summed E-state index contributed by atoms with van der Waals surface area (Å²) in [5.74, 6) is 0.951. The molecule has 0 bridgehead atoms. The van der Waals surface area contributed by atoms with E-state index in [2.05, 4.69) is 19.9 Å². The van der Waals surface area contributed by atoms with Crippen molar-refractivity contribution in [1.29, 1.82) is 0 Å². The van der Waals surface area contributed by atoms with Gasteiger partial charge in [0.2, 0.25) is 0 Å². The normalized spacial score (nSPS) is 11.6. The monoisotopic (exact) mass is 270 g/mol. The second kappa shape index (κ2) is 4.51. The van der Waals surface area contributed by atoms with E-state index >= 15 is 0 Å². The van der Waals surface area contributed by atoms with E-state index in [4.69, 9.17) is 8.83 Å². The third-order valence-electron chi connectivity index (χ3n) is 4.00. The number of fused-ring (bicyclic) bond motifs is 2. The molecule has 0 atom stereocenters. The Balaban J connectivity index is 2.60. The summed E-state index contributed by atoms with van der Waals surface area (Å²) in [6.45, 7) is 8.13. The molecule has 1 aromatic carbocycles. The van der Waals surface area contributed by atoms with Crippen molar-refractivity contribution in [2.24, 2.45) is 0 Å². The average Bonchev–Trinajstić information content (AvgIpc) is 2.71. The fourth-order valence-corrected chi connectivity index (χ4v) is 3.00. The van der Waals surface area contributed by atoms with Crippen molar-refractivity contribution in [3.63, 3.8) is 0 Å². The summed E-state index contributed by atoms with van der Waals surface area (Å²) in [4.78, 5) is 11.6. The van der Waals surface area contributed by atoms with Crippen LogP contribution in [0.4, 0.5) is 0 Å². The van der Waals surface area contributed by atoms with Crippen LogP contribution in [-0.2, 0) is 12.8 Å². The highest BCUT2D eigenvalue weighted by Gasteiger charge is 2.18. The third kappa shape index (κ3) is 1.69. The molecule has 0 amide bonds. The zero-order valence-corrected chi connectivity index (χ0v) is 12.3. The molecule has 20 heavy (non-hydrogen) atoms. The van der Waals surface area contributed by atoms with Gasteiger partial charge in [0.15, 0.2) is 0 Å². The van der Waals surface area contributed by atoms with Crippen molar-refractivity contribution in [3.05, 3.63) is 45.0 Å². The maximum atomic E-state index is 11.6. The fraction of sp³-hybridized carbons (Fsp3) is 0.353. The molecule has 104 valence electrons. The molecule has 0 spiro atoms. The Hall–Kier alpha value is -2.03. The Morgan fingerprint density at radius 1 is 0.900 bits per heavy atom. The quantitative estimate of drug-likeness (QED) is 0.653. The molecular formula is C17H18O3. The van der Waals surface area contributed by atoms with Gasteiger partial charge in [-0.25, -0.2) is 4.79 Å². The van der Waals surface area contributed by atoms with Gasteiger partial charge in [-0.05, 0) is 38.3 Å². The average molecular weight is 270 g/mol. The lowest BCUT2D eigenvalue weighted by atomic mass is 9.99. The van der Waals surface area contributed by atoms with Gasteiger partial charge in [0, 0.05) is 28.0 Å². The molecule has 3 nitrogen and oxygen atoms in total. The van der Waals surface area contributed by atoms with Gasteiger partial charge in [-0.2, -0.15) is 0 Å². The van der Waals surface area contributed by atoms with Crippen molar-refractivity contribution in [2.75, 3.05) is 0 Å². The third-order valence-corrected chi connectivity index (χ3v) is 4.00. The van der Waals surface area contributed by atoms with Crippen LogP contribution >= 0.6 is 0 Å². The molecule has 3 rings (SSSR count). The molecular weight excluding hydrogens is 252 g/mol. The van der Waals surface area contributed by atoms with Gasteiger partial charge in [0.25, 0.3) is 0 Å². The molecule has 0 saturated heterocycles. The number of benzene rings is 1. The smallest absolute Gasteiger partial charge is 0.336 e. The van der Waals surface area contributed by atoms with E-state index in [1.807, 2.05) is 13.8 Å². The summed E-state index contributed by atoms with van der Waals surface area (Å²) in [6.07, 6.45) is 1.71. The molecule has 0 aliphatic heterocycles. The molecule has 2 aromatic heterocycles. The van der Waals surface area contributed by atoms with Crippen LogP contribution in [0.5, 0.6) is 0 Å². The molecule has 0 aliphatic rings. The van der Waals surface area contributed by atoms with Gasteiger partial charge < -0.3 is 8.83 Å². The first-order valence-electron chi connectivity index (χ1n) is 7.05. The highest BCUT2D eigenvalue weighted by atomic mass is 16.4. The second-order valence-corrected chi connectivity index (χ2v) is 5.20. The SMILES string of the molecule is CCc1c(C)oc2c(CC)c3oc(=O)cc(C)c3cc12. The minimum atomic E-state index is -0.303. The maximum Gasteiger partial charge on any atom is 0.336 e. The zero-order chi connectivity index (χ0) is 14.4. The number of rotatable bonds is 2. The summed E-state index contributed by atoms with van der Waals surface area (Å²) >= 11 is 0. The predicted molar refractivity (Wildman–Crippen MR) is 80.5 cm³/mol. The summed E-state index contributed by atoms with van der Waals surface area (Å²) in [5.41, 5.74) is 4.41. The summed E-state index contributed by atoms with van der Waals surface area (Å²) in [6, 6.07) is 3.64. The minimum absolute atomic E-state index is 0.303. The van der Waals surface area contributed by atoms with Crippen molar-refractivity contribution < 1.29 is 8.83 Å². The first-order chi connectivity index (χ1) is 9.56. The lowest BCUT2D eigenvalue weighted by molar-refractivity contribution is 0.548. The molecule has 3 aromatic rings. The lowest BCUT2D eigenvalue weighted by Gasteiger charge is -2.06. The number of furan rings is 1. The zero-order valence-electron chi connectivity index (χ0n) is 12.3. The standard InChI is InChI=1S/C17H18O3/c1-5-11-10(4)19-17-12(6-2)16-13(8-14(11)17)9(3)7-15(18)20-16/h7-8H,5-6H2,1-4H3. The van der Waals surface area contributed by atoms with E-state index < -0.39 is 0 Å². The Bertz CT molecular complexity index is 865. The van der Waals surface area contributed by atoms with E-state index in [1.54, 1.807) is 6.07 Å². The Morgan fingerprint density at radius 2 is 1.55 bits per heavy atom. The summed E-state index contributed by atoms with van der Waals surface area (Å²) < 4.78 is 11.4. The topological polar surface area (TPSA) is 43.4 Å². The van der Waals surface area contributed by atoms with Crippen LogP contribution in [0, 0.1) is 13.8 Å². The maximum absolute atomic E-state index is 11.6. The largest absolute Gasteiger partial charge is 0.461 e. The number of aryl methyl sites for hydroxylation is 4. The fourth-order valence-electron chi connectivity index (χ4n) is 3.00. The van der Waals surface area contributed by atoms with Gasteiger partial charge in [-0.1, -0.05) is 13.8 Å². The predicted octanol–water partition coefficient (Wildman–Crippen LogP) is 4.28.